The minimum absolute atomic E-state index is 0.0171. The van der Waals surface area contributed by atoms with Crippen molar-refractivity contribution in [2.24, 2.45) is 47.3 Å². The monoisotopic (exact) mass is 1610 g/mol. The van der Waals surface area contributed by atoms with Crippen molar-refractivity contribution in [3.8, 4) is 0 Å². The van der Waals surface area contributed by atoms with Crippen LogP contribution >= 0.6 is 0 Å². The Labute approximate surface area is 674 Å². The first kappa shape index (κ1) is 97.4. The number of esters is 2. The van der Waals surface area contributed by atoms with Gasteiger partial charge in [0.15, 0.2) is 0 Å². The van der Waals surface area contributed by atoms with Crippen LogP contribution in [0.3, 0.4) is 0 Å². The molecule has 5 aliphatic heterocycles. The van der Waals surface area contributed by atoms with Crippen molar-refractivity contribution in [1.29, 1.82) is 0 Å². The van der Waals surface area contributed by atoms with Gasteiger partial charge in [-0.25, -0.2) is 9.59 Å². The molecule has 0 radical (unpaired) electrons. The zero-order valence-electron chi connectivity index (χ0n) is 69.9. The van der Waals surface area contributed by atoms with E-state index in [1.807, 2.05) is 65.8 Å². The van der Waals surface area contributed by atoms with E-state index >= 15 is 0 Å². The van der Waals surface area contributed by atoms with Gasteiger partial charge in [-0.15, -0.1) is 0 Å². The minimum Gasteiger partial charge on any atom is -0.464 e. The van der Waals surface area contributed by atoms with Gasteiger partial charge < -0.3 is 85.3 Å². The molecule has 0 aliphatic carbocycles. The standard InChI is InChI=1S/C86H132O28/c1-53-23-29-65(101-45-87)37-67-19-17-21-69(111-67)41-75(99-15)59(7)78(104-48-90)44-80(106-50-92)62(10)86(64(12)84(108-52-94)56(4)28-32-72-40-74(98-14)36-58(6)110-72)114-82(96)34-26-54(2)24-30-66(102-46-88)38-68-20-18-22-70(112-68)42-76(100-16)60(8)77(103-47-89)43-79(105-49-91)61(9)85(113-81(95)33-25-53)63(11)83(107-51-93)55(3)27-31-71-39-73(97-13)35-57(5)109-71/h17-20,23-26,33-34,45-52,55-80,83-86H,21-22,27-32,35-44H2,1-16H3/b33-25+,34-26+,53-23+,54-24+/t55-,56-,57-,58-,59+,60+,61-,62-,63-,64-,65-,66-,67-,68+,69-,70-,71-,72-,73+,74+,75-,76-,77-,78-,79+,80+,83-,84-,85-,86-/m0/s1. The van der Waals surface area contributed by atoms with Crippen LogP contribution < -0.4 is 0 Å². The number of allylic oxidation sites excluding steroid dienone is 4. The van der Waals surface area contributed by atoms with Crippen molar-refractivity contribution in [2.75, 3.05) is 28.4 Å². The van der Waals surface area contributed by atoms with E-state index in [0.717, 1.165) is 12.8 Å². The topological polar surface area (TPSA) is 337 Å². The number of cyclic esters (lactones) is 2. The van der Waals surface area contributed by atoms with Crippen LogP contribution in [0.15, 0.2) is 71.9 Å². The lowest BCUT2D eigenvalue weighted by atomic mass is 9.78. The van der Waals surface area contributed by atoms with Gasteiger partial charge in [0.1, 0.15) is 61.0 Å². The number of rotatable bonds is 32. The summed E-state index contributed by atoms with van der Waals surface area (Å²) in [4.78, 5) is 128. The number of fused-ring (bicyclic) bond motifs is 4. The normalized spacial score (nSPS) is 36.4. The first-order valence-electron chi connectivity index (χ1n) is 40.6. The lowest BCUT2D eigenvalue weighted by Crippen LogP contribution is -2.47. The van der Waals surface area contributed by atoms with Gasteiger partial charge >= 0.3 is 11.9 Å². The highest BCUT2D eigenvalue weighted by molar-refractivity contribution is 5.83. The second kappa shape index (κ2) is 52.5. The summed E-state index contributed by atoms with van der Waals surface area (Å²) in [5.74, 6) is -6.50. The van der Waals surface area contributed by atoms with Crippen LogP contribution in [0.2, 0.25) is 0 Å². The van der Waals surface area contributed by atoms with Crippen LogP contribution in [-0.2, 0) is 133 Å². The molecule has 2 saturated heterocycles. The maximum absolute atomic E-state index is 14.4. The summed E-state index contributed by atoms with van der Waals surface area (Å²) < 4.78 is 109. The Morgan fingerprint density at radius 1 is 0.386 bits per heavy atom. The van der Waals surface area contributed by atoms with E-state index in [2.05, 4.69) is 0 Å². The maximum atomic E-state index is 14.4. The van der Waals surface area contributed by atoms with Crippen molar-refractivity contribution in [3.05, 3.63) is 71.9 Å². The fourth-order valence-electron chi connectivity index (χ4n) is 17.3. The third-order valence-corrected chi connectivity index (χ3v) is 23.9. The Bertz CT molecular complexity index is 2860. The summed E-state index contributed by atoms with van der Waals surface area (Å²) in [5, 5.41) is 0. The first-order chi connectivity index (χ1) is 54.7. The van der Waals surface area contributed by atoms with Crippen LogP contribution in [0.5, 0.6) is 0 Å². The quantitative estimate of drug-likeness (QED) is 0.0261. The first-order valence-corrected chi connectivity index (χ1v) is 40.6. The molecule has 114 heavy (non-hydrogen) atoms. The fraction of sp³-hybridized carbons (Fsp3) is 0.744. The molecule has 0 aromatic carbocycles. The van der Waals surface area contributed by atoms with Gasteiger partial charge in [-0.3, -0.25) is 38.4 Å². The molecule has 5 rings (SSSR count). The van der Waals surface area contributed by atoms with Gasteiger partial charge in [-0.1, -0.05) is 115 Å². The van der Waals surface area contributed by atoms with E-state index in [1.165, 1.54) is 26.4 Å². The molecule has 0 unspecified atom stereocenters. The number of carbonyl (C=O) groups excluding carboxylic acids is 10. The van der Waals surface area contributed by atoms with Crippen molar-refractivity contribution in [3.63, 3.8) is 0 Å². The summed E-state index contributed by atoms with van der Waals surface area (Å²) >= 11 is 0. The molecule has 5 aliphatic rings. The van der Waals surface area contributed by atoms with Gasteiger partial charge in [-0.05, 0) is 104 Å². The summed E-state index contributed by atoms with van der Waals surface area (Å²) in [6.45, 7) is 24.8. The van der Waals surface area contributed by atoms with Gasteiger partial charge in [-0.2, -0.15) is 0 Å². The Kier molecular flexibility index (Phi) is 44.9. The molecule has 4 bridgehead atoms. The second-order valence-electron chi connectivity index (χ2n) is 32.0. The molecule has 0 aromatic heterocycles. The Morgan fingerprint density at radius 2 is 0.737 bits per heavy atom. The largest absolute Gasteiger partial charge is 0.464 e. The van der Waals surface area contributed by atoms with Crippen LogP contribution in [0.1, 0.15) is 199 Å². The Balaban J connectivity index is 1.54. The van der Waals surface area contributed by atoms with Gasteiger partial charge in [0.25, 0.3) is 51.8 Å². The van der Waals surface area contributed by atoms with Crippen molar-refractivity contribution < 1.29 is 133 Å². The third kappa shape index (κ3) is 32.4. The van der Waals surface area contributed by atoms with Gasteiger partial charge in [0, 0.05) is 127 Å². The van der Waals surface area contributed by atoms with Gasteiger partial charge in [0.05, 0.1) is 73.2 Å². The molecule has 0 amide bonds. The highest BCUT2D eigenvalue weighted by Crippen LogP contribution is 2.39. The summed E-state index contributed by atoms with van der Waals surface area (Å²) in [5.41, 5.74) is 1.19. The molecule has 0 spiro atoms. The van der Waals surface area contributed by atoms with E-state index < -0.39 is 145 Å². The smallest absolute Gasteiger partial charge is 0.331 e. The molecule has 2 fully saturated rings. The van der Waals surface area contributed by atoms with Gasteiger partial charge in [0.2, 0.25) is 0 Å². The molecule has 0 N–H and O–H groups in total. The van der Waals surface area contributed by atoms with Crippen LogP contribution in [0, 0.1) is 47.3 Å². The summed E-state index contributed by atoms with van der Waals surface area (Å²) in [6.07, 6.45) is 11.4. The molecule has 644 valence electrons. The number of hydrogen-bond donors (Lipinski definition) is 0. The Hall–Kier alpha value is -7.18. The molecular weight excluding hydrogens is 1480 g/mol. The Morgan fingerprint density at radius 3 is 1.06 bits per heavy atom. The van der Waals surface area contributed by atoms with Crippen LogP contribution in [0.25, 0.3) is 0 Å². The molecule has 28 nitrogen and oxygen atoms in total. The lowest BCUT2D eigenvalue weighted by Gasteiger charge is -2.40. The van der Waals surface area contributed by atoms with E-state index in [4.69, 9.17) is 85.3 Å². The zero-order chi connectivity index (χ0) is 83.8. The molecule has 30 atom stereocenters. The van der Waals surface area contributed by atoms with E-state index in [-0.39, 0.29) is 99.9 Å². The van der Waals surface area contributed by atoms with Crippen molar-refractivity contribution >= 4 is 63.7 Å². The second-order valence-corrected chi connectivity index (χ2v) is 32.0. The highest BCUT2D eigenvalue weighted by atomic mass is 16.6. The van der Waals surface area contributed by atoms with Crippen molar-refractivity contribution in [1.82, 2.24) is 0 Å². The summed E-state index contributed by atoms with van der Waals surface area (Å²) in [7, 11) is 6.41. The molecule has 0 aromatic rings. The third-order valence-electron chi connectivity index (χ3n) is 23.9. The maximum Gasteiger partial charge on any atom is 0.331 e. The SMILES string of the molecule is CO[C@H]1C[C@H](CC[C@H](C)[C@H](OC=O)[C@H](C)[C@H]2OC(=O)/C=C/C(C)=C/C[C@H](OC=O)C[C@@H]3C=CC[C@@H](C[C@H](OC)[C@@H](C)[C@@H](OC=O)C[C@@H](OC=O)[C@H](C)[C@@H]([C@@H](C)[C@@H](OC=O)[C@@H](C)CC[C@H]4C[C@H](OC)C[C@H](C)O4)OC(=O)/C=C/C(C)=C/C[C@H](OC=O)C[C@H]4C=CC[C@@H](C[C@H](OC)[C@@H](C)[C@@H](OC=O)C[C@@H](OC=O)[C@@H]2C)O4)O3)O[C@@H](C)C1. The van der Waals surface area contributed by atoms with Crippen molar-refractivity contribution in [2.45, 2.75) is 333 Å². The van der Waals surface area contributed by atoms with E-state index in [1.54, 1.807) is 80.1 Å². The number of methoxy groups -OCH3 is 4. The minimum atomic E-state index is -1.11. The molecule has 0 saturated carbocycles. The highest BCUT2D eigenvalue weighted by Gasteiger charge is 2.46. The van der Waals surface area contributed by atoms with Crippen LogP contribution in [0.4, 0.5) is 0 Å². The number of hydrogen-bond acceptors (Lipinski definition) is 28. The lowest BCUT2D eigenvalue weighted by molar-refractivity contribution is -0.170. The zero-order valence-corrected chi connectivity index (χ0v) is 69.9. The average molecular weight is 1610 g/mol. The van der Waals surface area contributed by atoms with E-state index in [0.29, 0.717) is 114 Å². The predicted molar refractivity (Wildman–Crippen MR) is 417 cm³/mol. The van der Waals surface area contributed by atoms with Crippen LogP contribution in [-0.4, -0.2) is 226 Å². The molecule has 5 heterocycles. The van der Waals surface area contributed by atoms with E-state index in [9.17, 15) is 47.9 Å². The predicted octanol–water partition coefficient (Wildman–Crippen LogP) is 11.6. The average Bonchev–Trinajstić information content (AvgIpc) is 0.819. The molecule has 28 heteroatoms. The number of carbonyl (C=O) groups is 10. The molecular formula is C86H132O28. The number of ether oxygens (including phenoxy) is 18. The fourth-order valence-corrected chi connectivity index (χ4v) is 17.3. The summed E-state index contributed by atoms with van der Waals surface area (Å²) in [6, 6.07) is 0.